The van der Waals surface area contributed by atoms with Crippen LogP contribution in [0.1, 0.15) is 27.2 Å². The lowest BCUT2D eigenvalue weighted by Gasteiger charge is -2.36. The maximum Gasteiger partial charge on any atom is 0.317 e. The van der Waals surface area contributed by atoms with Gasteiger partial charge in [0, 0.05) is 37.9 Å². The first kappa shape index (κ1) is 16.5. The number of piperazine rings is 1. The van der Waals surface area contributed by atoms with Crippen LogP contribution in [-0.2, 0) is 0 Å². The van der Waals surface area contributed by atoms with E-state index in [0.29, 0.717) is 6.61 Å². The number of nitrogens with one attached hydrogen (secondary N) is 1. The Hall–Kier alpha value is -1.91. The van der Waals surface area contributed by atoms with Gasteiger partial charge in [0.2, 0.25) is 0 Å². The molecule has 22 heavy (non-hydrogen) atoms. The average molecular weight is 305 g/mol. The number of rotatable bonds is 5. The number of anilines is 1. The molecule has 2 rings (SSSR count). The largest absolute Gasteiger partial charge is 0.494 e. The van der Waals surface area contributed by atoms with Crippen molar-refractivity contribution in [2.24, 2.45) is 0 Å². The molecule has 1 fully saturated rings. The first-order valence-corrected chi connectivity index (χ1v) is 8.17. The maximum atomic E-state index is 12.1. The van der Waals surface area contributed by atoms with Gasteiger partial charge in [-0.2, -0.15) is 0 Å². The fourth-order valence-corrected chi connectivity index (χ4v) is 2.49. The number of benzene rings is 1. The van der Waals surface area contributed by atoms with Crippen LogP contribution in [0.15, 0.2) is 24.3 Å². The van der Waals surface area contributed by atoms with Crippen molar-refractivity contribution in [2.75, 3.05) is 37.7 Å². The summed E-state index contributed by atoms with van der Waals surface area (Å²) in [6.45, 7) is 10.0. The highest BCUT2D eigenvalue weighted by molar-refractivity contribution is 5.74. The van der Waals surface area contributed by atoms with E-state index >= 15 is 0 Å². The Kier molecular flexibility index (Phi) is 5.92. The van der Waals surface area contributed by atoms with Gasteiger partial charge in [0.25, 0.3) is 0 Å². The monoisotopic (exact) mass is 305 g/mol. The van der Waals surface area contributed by atoms with Crippen LogP contribution in [-0.4, -0.2) is 49.8 Å². The van der Waals surface area contributed by atoms with E-state index in [4.69, 9.17) is 4.74 Å². The molecule has 0 aromatic heterocycles. The minimum atomic E-state index is 0.0562. The van der Waals surface area contributed by atoms with Gasteiger partial charge >= 0.3 is 6.03 Å². The number of ether oxygens (including phenoxy) is 1. The predicted molar refractivity (Wildman–Crippen MR) is 89.7 cm³/mol. The third-order valence-electron chi connectivity index (χ3n) is 4.06. The van der Waals surface area contributed by atoms with Gasteiger partial charge in [-0.25, -0.2) is 4.79 Å². The number of nitrogens with zero attached hydrogens (tertiary/aromatic N) is 2. The van der Waals surface area contributed by atoms with Crippen molar-refractivity contribution >= 4 is 11.7 Å². The molecule has 0 bridgehead atoms. The van der Waals surface area contributed by atoms with Gasteiger partial charge in [0.1, 0.15) is 5.75 Å². The second-order valence-corrected chi connectivity index (χ2v) is 5.66. The second-order valence-electron chi connectivity index (χ2n) is 5.66. The molecule has 1 atom stereocenters. The molecular weight excluding hydrogens is 278 g/mol. The van der Waals surface area contributed by atoms with Gasteiger partial charge in [-0.05, 0) is 44.5 Å². The zero-order valence-corrected chi connectivity index (χ0v) is 13.8. The molecule has 1 saturated heterocycles. The molecule has 5 heteroatoms. The molecule has 0 radical (unpaired) electrons. The van der Waals surface area contributed by atoms with E-state index in [1.807, 2.05) is 30.9 Å². The lowest BCUT2D eigenvalue weighted by Crippen LogP contribution is -2.53. The van der Waals surface area contributed by atoms with E-state index in [2.05, 4.69) is 29.3 Å². The fraction of sp³-hybridized carbons (Fsp3) is 0.588. The molecule has 1 aromatic rings. The van der Waals surface area contributed by atoms with E-state index in [9.17, 15) is 4.79 Å². The maximum absolute atomic E-state index is 12.1. The zero-order valence-electron chi connectivity index (χ0n) is 13.8. The summed E-state index contributed by atoms with van der Waals surface area (Å²) in [4.78, 5) is 16.3. The number of amides is 2. The highest BCUT2D eigenvalue weighted by Crippen LogP contribution is 2.20. The van der Waals surface area contributed by atoms with Gasteiger partial charge in [-0.3, -0.25) is 0 Å². The van der Waals surface area contributed by atoms with Crippen LogP contribution in [0.5, 0.6) is 5.75 Å². The number of hydrogen-bond acceptors (Lipinski definition) is 3. The summed E-state index contributed by atoms with van der Waals surface area (Å²) < 4.78 is 5.46. The lowest BCUT2D eigenvalue weighted by molar-refractivity contribution is 0.191. The summed E-state index contributed by atoms with van der Waals surface area (Å²) >= 11 is 0. The molecule has 122 valence electrons. The van der Waals surface area contributed by atoms with Gasteiger partial charge in [-0.15, -0.1) is 0 Å². The standard InChI is InChI=1S/C17H27N3O2/c1-4-14(3)18-17(21)20-12-10-19(11-13-20)15-6-8-16(9-7-15)22-5-2/h6-9,14H,4-5,10-13H2,1-3H3,(H,18,21). The van der Waals surface area contributed by atoms with Crippen molar-refractivity contribution in [3.63, 3.8) is 0 Å². The Morgan fingerprint density at radius 2 is 1.82 bits per heavy atom. The summed E-state index contributed by atoms with van der Waals surface area (Å²) in [6, 6.07) is 8.46. The highest BCUT2D eigenvalue weighted by atomic mass is 16.5. The van der Waals surface area contributed by atoms with Crippen molar-refractivity contribution in [2.45, 2.75) is 33.2 Å². The summed E-state index contributed by atoms with van der Waals surface area (Å²) in [7, 11) is 0. The lowest BCUT2D eigenvalue weighted by atomic mass is 10.2. The number of carbonyl (C=O) groups is 1. The van der Waals surface area contributed by atoms with E-state index in [0.717, 1.165) is 38.3 Å². The Balaban J connectivity index is 1.85. The number of carbonyl (C=O) groups excluding carboxylic acids is 1. The van der Waals surface area contributed by atoms with Crippen molar-refractivity contribution in [3.8, 4) is 5.75 Å². The topological polar surface area (TPSA) is 44.8 Å². The molecule has 0 aliphatic carbocycles. The van der Waals surface area contributed by atoms with Crippen LogP contribution in [0.25, 0.3) is 0 Å². The van der Waals surface area contributed by atoms with E-state index in [1.165, 1.54) is 5.69 Å². The van der Waals surface area contributed by atoms with E-state index < -0.39 is 0 Å². The van der Waals surface area contributed by atoms with E-state index in [-0.39, 0.29) is 12.1 Å². The van der Waals surface area contributed by atoms with Crippen LogP contribution < -0.4 is 15.0 Å². The fourth-order valence-electron chi connectivity index (χ4n) is 2.49. The molecule has 1 aliphatic rings. The Morgan fingerprint density at radius 1 is 1.18 bits per heavy atom. The first-order valence-electron chi connectivity index (χ1n) is 8.17. The molecule has 1 heterocycles. The third-order valence-corrected chi connectivity index (χ3v) is 4.06. The molecule has 2 amide bonds. The van der Waals surface area contributed by atoms with Crippen molar-refractivity contribution in [1.82, 2.24) is 10.2 Å². The summed E-state index contributed by atoms with van der Waals surface area (Å²) in [5.74, 6) is 0.901. The van der Waals surface area contributed by atoms with Gasteiger partial charge in [-0.1, -0.05) is 6.92 Å². The normalized spacial score (nSPS) is 16.3. The molecule has 1 aliphatic heterocycles. The Labute approximate surface area is 133 Å². The molecule has 1 unspecified atom stereocenters. The molecule has 1 aromatic carbocycles. The minimum absolute atomic E-state index is 0.0562. The minimum Gasteiger partial charge on any atom is -0.494 e. The molecule has 0 saturated carbocycles. The summed E-state index contributed by atoms with van der Waals surface area (Å²) in [6.07, 6.45) is 0.956. The molecule has 0 spiro atoms. The quantitative estimate of drug-likeness (QED) is 0.910. The molecular formula is C17H27N3O2. The smallest absolute Gasteiger partial charge is 0.317 e. The first-order chi connectivity index (χ1) is 10.6. The van der Waals surface area contributed by atoms with Crippen LogP contribution in [0.4, 0.5) is 10.5 Å². The molecule has 1 N–H and O–H groups in total. The highest BCUT2D eigenvalue weighted by Gasteiger charge is 2.21. The van der Waals surface area contributed by atoms with Gasteiger partial charge < -0.3 is 19.9 Å². The second kappa shape index (κ2) is 7.92. The summed E-state index contributed by atoms with van der Waals surface area (Å²) in [5.41, 5.74) is 1.19. The Morgan fingerprint density at radius 3 is 2.36 bits per heavy atom. The average Bonchev–Trinajstić information content (AvgIpc) is 2.56. The van der Waals surface area contributed by atoms with Crippen molar-refractivity contribution < 1.29 is 9.53 Å². The van der Waals surface area contributed by atoms with Gasteiger partial charge in [0.05, 0.1) is 6.61 Å². The van der Waals surface area contributed by atoms with Crippen LogP contribution in [0.3, 0.4) is 0 Å². The Bertz CT molecular complexity index is 467. The summed E-state index contributed by atoms with van der Waals surface area (Å²) in [5, 5.41) is 3.03. The van der Waals surface area contributed by atoms with Crippen LogP contribution >= 0.6 is 0 Å². The SMILES string of the molecule is CCOc1ccc(N2CCN(C(=O)NC(C)CC)CC2)cc1. The number of urea groups is 1. The van der Waals surface area contributed by atoms with Crippen molar-refractivity contribution in [3.05, 3.63) is 24.3 Å². The van der Waals surface area contributed by atoms with Crippen LogP contribution in [0, 0.1) is 0 Å². The predicted octanol–water partition coefficient (Wildman–Crippen LogP) is 2.72. The third kappa shape index (κ3) is 4.29. The van der Waals surface area contributed by atoms with Crippen LogP contribution in [0.2, 0.25) is 0 Å². The molecule has 5 nitrogen and oxygen atoms in total. The van der Waals surface area contributed by atoms with E-state index in [1.54, 1.807) is 0 Å². The zero-order chi connectivity index (χ0) is 15.9. The van der Waals surface area contributed by atoms with Crippen molar-refractivity contribution in [1.29, 1.82) is 0 Å². The number of hydrogen-bond donors (Lipinski definition) is 1. The van der Waals surface area contributed by atoms with Gasteiger partial charge in [0.15, 0.2) is 0 Å².